The van der Waals surface area contributed by atoms with Crippen molar-refractivity contribution in [3.8, 4) is 0 Å². The second-order valence-corrected chi connectivity index (χ2v) is 12.4. The SMILES string of the molecule is CN(C[C@H]1O[C@@H](n2cnc3c(N)ncnc32)[C@@H](O)[C@H]1O)C1CC(CCc2nc3cc(C4(C)CCC4)ccc3[nH]2)C1. The van der Waals surface area contributed by atoms with Gasteiger partial charge in [-0.1, -0.05) is 19.4 Å². The van der Waals surface area contributed by atoms with Gasteiger partial charge in [0.05, 0.1) is 17.4 Å². The molecule has 40 heavy (non-hydrogen) atoms. The molecule has 4 aromatic rings. The number of benzene rings is 1. The molecule has 3 aliphatic rings. The highest BCUT2D eigenvalue weighted by Crippen LogP contribution is 2.43. The first-order chi connectivity index (χ1) is 19.3. The van der Waals surface area contributed by atoms with Gasteiger partial charge in [0.1, 0.15) is 36.0 Å². The first-order valence-electron chi connectivity index (χ1n) is 14.4. The molecule has 212 valence electrons. The molecule has 7 rings (SSSR count). The molecule has 1 saturated heterocycles. The van der Waals surface area contributed by atoms with Crippen molar-refractivity contribution in [1.29, 1.82) is 0 Å². The highest BCUT2D eigenvalue weighted by atomic mass is 16.6. The van der Waals surface area contributed by atoms with E-state index in [2.05, 4.69) is 57.0 Å². The lowest BCUT2D eigenvalue weighted by Gasteiger charge is -2.42. The Balaban J connectivity index is 0.917. The van der Waals surface area contributed by atoms with Crippen LogP contribution in [0.25, 0.3) is 22.2 Å². The van der Waals surface area contributed by atoms with Gasteiger partial charge in [-0.25, -0.2) is 19.9 Å². The van der Waals surface area contributed by atoms with E-state index in [0.717, 1.165) is 42.5 Å². The molecule has 3 aromatic heterocycles. The third-order valence-corrected chi connectivity index (χ3v) is 9.78. The smallest absolute Gasteiger partial charge is 0.167 e. The first-order valence-corrected chi connectivity index (χ1v) is 14.4. The lowest BCUT2D eigenvalue weighted by molar-refractivity contribution is -0.0514. The predicted octanol–water partition coefficient (Wildman–Crippen LogP) is 2.69. The number of anilines is 1. The standard InChI is InChI=1S/C29H38N8O3/c1-29(8-3-9-29)17-5-6-19-20(12-17)35-22(34-19)7-4-16-10-18(11-16)36(2)13-21-24(38)25(39)28(40-21)37-15-33-23-26(30)31-14-32-27(23)37/h5-6,12,14-16,18,21,24-25,28,38-39H,3-4,7-11,13H2,1-2H3,(H,34,35)(H2,30,31,32)/t16?,18?,21-,24+,25+,28-/m1/s1. The number of ether oxygens (including phenoxy) is 1. The molecule has 1 aliphatic heterocycles. The third-order valence-electron chi connectivity index (χ3n) is 9.78. The van der Waals surface area contributed by atoms with Crippen LogP contribution in [0.1, 0.15) is 63.1 Å². The molecule has 11 nitrogen and oxygen atoms in total. The zero-order valence-corrected chi connectivity index (χ0v) is 23.1. The number of likely N-dealkylation sites (N-methyl/N-ethyl adjacent to an activating group) is 1. The fraction of sp³-hybridized carbons (Fsp3) is 0.586. The Morgan fingerprint density at radius 2 is 2.00 bits per heavy atom. The van der Waals surface area contributed by atoms with Gasteiger partial charge in [0.15, 0.2) is 17.7 Å². The number of aliphatic hydroxyl groups is 2. The summed E-state index contributed by atoms with van der Waals surface area (Å²) in [5.74, 6) is 1.99. The minimum atomic E-state index is -1.10. The van der Waals surface area contributed by atoms with Gasteiger partial charge in [-0.15, -0.1) is 0 Å². The van der Waals surface area contributed by atoms with Crippen molar-refractivity contribution in [2.24, 2.45) is 5.92 Å². The monoisotopic (exact) mass is 546 g/mol. The van der Waals surface area contributed by atoms with Crippen LogP contribution in [0.5, 0.6) is 0 Å². The van der Waals surface area contributed by atoms with Gasteiger partial charge in [-0.3, -0.25) is 4.57 Å². The molecule has 0 unspecified atom stereocenters. The number of nitrogens with one attached hydrogen (secondary N) is 1. The molecule has 2 aliphatic carbocycles. The third kappa shape index (κ3) is 4.36. The van der Waals surface area contributed by atoms with E-state index < -0.39 is 24.5 Å². The molecular formula is C29H38N8O3. The second-order valence-electron chi connectivity index (χ2n) is 12.4. The Kier molecular flexibility index (Phi) is 6.30. The number of imidazole rings is 2. The molecule has 2 saturated carbocycles. The summed E-state index contributed by atoms with van der Waals surface area (Å²) in [4.78, 5) is 23.1. The van der Waals surface area contributed by atoms with Crippen molar-refractivity contribution in [3.63, 3.8) is 0 Å². The van der Waals surface area contributed by atoms with Crippen molar-refractivity contribution in [1.82, 2.24) is 34.4 Å². The van der Waals surface area contributed by atoms with Crippen molar-refractivity contribution >= 4 is 28.0 Å². The van der Waals surface area contributed by atoms with E-state index in [4.69, 9.17) is 15.5 Å². The zero-order valence-electron chi connectivity index (χ0n) is 23.1. The lowest BCUT2D eigenvalue weighted by Crippen LogP contribution is -2.47. The number of hydrogen-bond acceptors (Lipinski definition) is 9. The van der Waals surface area contributed by atoms with Gasteiger partial charge in [-0.2, -0.15) is 0 Å². The Morgan fingerprint density at radius 3 is 2.77 bits per heavy atom. The summed E-state index contributed by atoms with van der Waals surface area (Å²) >= 11 is 0. The fourth-order valence-corrected chi connectivity index (χ4v) is 6.78. The Labute approximate surface area is 232 Å². The Hall–Kier alpha value is -3.12. The maximum absolute atomic E-state index is 10.8. The summed E-state index contributed by atoms with van der Waals surface area (Å²) < 4.78 is 7.75. The van der Waals surface area contributed by atoms with Crippen LogP contribution >= 0.6 is 0 Å². The number of aryl methyl sites for hydroxylation is 1. The number of nitrogen functional groups attached to an aromatic ring is 1. The molecule has 4 atom stereocenters. The number of fused-ring (bicyclic) bond motifs is 2. The van der Waals surface area contributed by atoms with E-state index in [1.165, 1.54) is 37.5 Å². The van der Waals surface area contributed by atoms with Crippen LogP contribution in [0, 0.1) is 5.92 Å². The Bertz CT molecular complexity index is 1520. The molecular weight excluding hydrogens is 508 g/mol. The summed E-state index contributed by atoms with van der Waals surface area (Å²) in [6.07, 6.45) is 7.58. The normalized spacial score (nSPS) is 29.7. The van der Waals surface area contributed by atoms with Gasteiger partial charge >= 0.3 is 0 Å². The number of aliphatic hydroxyl groups excluding tert-OH is 2. The maximum atomic E-state index is 10.8. The number of hydrogen-bond donors (Lipinski definition) is 4. The molecule has 0 spiro atoms. The van der Waals surface area contributed by atoms with E-state index >= 15 is 0 Å². The van der Waals surface area contributed by atoms with Crippen molar-refractivity contribution in [2.45, 2.75) is 87.9 Å². The van der Waals surface area contributed by atoms with Crippen LogP contribution < -0.4 is 5.73 Å². The van der Waals surface area contributed by atoms with E-state index in [1.807, 2.05) is 0 Å². The van der Waals surface area contributed by atoms with Gasteiger partial charge in [0.25, 0.3) is 0 Å². The van der Waals surface area contributed by atoms with Crippen molar-refractivity contribution < 1.29 is 14.9 Å². The van der Waals surface area contributed by atoms with Crippen molar-refractivity contribution in [2.75, 3.05) is 19.3 Å². The highest BCUT2D eigenvalue weighted by Gasteiger charge is 2.45. The first kappa shape index (κ1) is 25.8. The number of rotatable bonds is 8. The van der Waals surface area contributed by atoms with E-state index in [0.29, 0.717) is 35.1 Å². The van der Waals surface area contributed by atoms with Crippen LogP contribution in [0.15, 0.2) is 30.9 Å². The average Bonchev–Trinajstić information content (AvgIpc) is 3.58. The molecule has 3 fully saturated rings. The van der Waals surface area contributed by atoms with Gasteiger partial charge < -0.3 is 30.6 Å². The van der Waals surface area contributed by atoms with Gasteiger partial charge in [-0.05, 0) is 68.2 Å². The highest BCUT2D eigenvalue weighted by molar-refractivity contribution is 5.81. The van der Waals surface area contributed by atoms with Gasteiger partial charge in [0.2, 0.25) is 0 Å². The average molecular weight is 547 g/mol. The zero-order chi connectivity index (χ0) is 27.6. The second kappa shape index (κ2) is 9.76. The number of nitrogens with two attached hydrogens (primary N) is 1. The molecule has 0 amide bonds. The maximum Gasteiger partial charge on any atom is 0.167 e. The van der Waals surface area contributed by atoms with Crippen LogP contribution in [0.4, 0.5) is 5.82 Å². The molecule has 4 heterocycles. The molecule has 0 bridgehead atoms. The summed E-state index contributed by atoms with van der Waals surface area (Å²) in [7, 11) is 2.07. The number of H-pyrrole nitrogens is 1. The minimum absolute atomic E-state index is 0.264. The minimum Gasteiger partial charge on any atom is -0.387 e. The van der Waals surface area contributed by atoms with E-state index in [9.17, 15) is 10.2 Å². The quantitative estimate of drug-likeness (QED) is 0.261. The van der Waals surface area contributed by atoms with Crippen molar-refractivity contribution in [3.05, 3.63) is 42.2 Å². The van der Waals surface area contributed by atoms with Crippen LogP contribution in [-0.4, -0.2) is 82.5 Å². The van der Waals surface area contributed by atoms with E-state index in [1.54, 1.807) is 4.57 Å². The topological polar surface area (TPSA) is 151 Å². The molecule has 11 heteroatoms. The van der Waals surface area contributed by atoms with Crippen LogP contribution in [-0.2, 0) is 16.6 Å². The largest absolute Gasteiger partial charge is 0.387 e. The number of aromatic amines is 1. The fourth-order valence-electron chi connectivity index (χ4n) is 6.78. The van der Waals surface area contributed by atoms with E-state index in [-0.39, 0.29) is 5.82 Å². The molecule has 0 radical (unpaired) electrons. The molecule has 1 aromatic carbocycles. The summed E-state index contributed by atoms with van der Waals surface area (Å²) in [5, 5.41) is 21.5. The van der Waals surface area contributed by atoms with Gasteiger partial charge in [0, 0.05) is 19.0 Å². The van der Waals surface area contributed by atoms with Crippen LogP contribution in [0.2, 0.25) is 0 Å². The summed E-state index contributed by atoms with van der Waals surface area (Å²) in [6.45, 7) is 2.89. The summed E-state index contributed by atoms with van der Waals surface area (Å²) in [6, 6.07) is 7.17. The predicted molar refractivity (Wildman–Crippen MR) is 150 cm³/mol. The van der Waals surface area contributed by atoms with Crippen LogP contribution in [0.3, 0.4) is 0 Å². The number of aromatic nitrogens is 6. The number of nitrogens with zero attached hydrogens (tertiary/aromatic N) is 6. The lowest BCUT2D eigenvalue weighted by atomic mass is 9.66. The summed E-state index contributed by atoms with van der Waals surface area (Å²) in [5.41, 5.74) is 10.8. The Morgan fingerprint density at radius 1 is 1.18 bits per heavy atom. The molecule has 5 N–H and O–H groups in total.